The zero-order valence-corrected chi connectivity index (χ0v) is 16.5. The Bertz CT molecular complexity index is 1030. The maximum Gasteiger partial charge on any atom is 0.254 e. The quantitative estimate of drug-likeness (QED) is 0.723. The smallest absolute Gasteiger partial charge is 0.254 e. The van der Waals surface area contributed by atoms with Crippen molar-refractivity contribution in [2.75, 3.05) is 11.4 Å². The average Bonchev–Trinajstić information content (AvgIpc) is 2.77. The summed E-state index contributed by atoms with van der Waals surface area (Å²) in [6.45, 7) is 2.60. The van der Waals surface area contributed by atoms with Crippen LogP contribution in [0.25, 0.3) is 0 Å². The fraction of sp³-hybridized carbons (Fsp3) is 0.200. The normalized spacial score (nSPS) is 14.0. The third-order valence-corrected chi connectivity index (χ3v) is 5.31. The summed E-state index contributed by atoms with van der Waals surface area (Å²) in [5.74, 6) is -0.356. The van der Waals surface area contributed by atoms with Crippen molar-refractivity contribution in [2.24, 2.45) is 0 Å². The van der Waals surface area contributed by atoms with Gasteiger partial charge in [-0.3, -0.25) is 9.59 Å². The van der Waals surface area contributed by atoms with Gasteiger partial charge in [0.2, 0.25) is 0 Å². The van der Waals surface area contributed by atoms with E-state index in [1.807, 2.05) is 78.6 Å². The number of para-hydroxylation sites is 1. The number of carbonyl (C=O) groups is 2. The number of nitrogens with one attached hydrogen (secondary N) is 1. The number of aryl methyl sites for hydroxylation is 2. The monoisotopic (exact) mass is 384 g/mol. The summed E-state index contributed by atoms with van der Waals surface area (Å²) in [5, 5.41) is 2.97. The summed E-state index contributed by atoms with van der Waals surface area (Å²) in [5.41, 5.74) is 4.45. The fourth-order valence-corrected chi connectivity index (χ4v) is 3.85. The van der Waals surface area contributed by atoms with Crippen LogP contribution >= 0.6 is 0 Å². The summed E-state index contributed by atoms with van der Waals surface area (Å²) in [7, 11) is 0. The minimum Gasteiger partial charge on any atom is -0.336 e. The molecule has 0 spiro atoms. The first-order valence-corrected chi connectivity index (χ1v) is 9.95. The van der Waals surface area contributed by atoms with Crippen molar-refractivity contribution >= 4 is 17.5 Å². The predicted octanol–water partition coefficient (Wildman–Crippen LogP) is 4.45. The van der Waals surface area contributed by atoms with Crippen LogP contribution in [0.4, 0.5) is 5.69 Å². The molecule has 4 rings (SSSR count). The fourth-order valence-electron chi connectivity index (χ4n) is 3.85. The number of benzene rings is 3. The van der Waals surface area contributed by atoms with Crippen molar-refractivity contribution in [1.29, 1.82) is 0 Å². The molecule has 0 radical (unpaired) electrons. The summed E-state index contributed by atoms with van der Waals surface area (Å²) >= 11 is 0. The topological polar surface area (TPSA) is 49.4 Å². The molecule has 3 aromatic rings. The summed E-state index contributed by atoms with van der Waals surface area (Å²) in [4.78, 5) is 28.4. The summed E-state index contributed by atoms with van der Waals surface area (Å²) in [6.07, 6.45) is 1.88. The molecule has 4 nitrogen and oxygen atoms in total. The second-order valence-electron chi connectivity index (χ2n) is 7.41. The highest BCUT2D eigenvalue weighted by atomic mass is 16.2. The highest BCUT2D eigenvalue weighted by Gasteiger charge is 2.31. The van der Waals surface area contributed by atoms with E-state index in [2.05, 4.69) is 11.4 Å². The summed E-state index contributed by atoms with van der Waals surface area (Å²) < 4.78 is 0. The second kappa shape index (κ2) is 8.31. The Kier molecular flexibility index (Phi) is 5.43. The lowest BCUT2D eigenvalue weighted by Crippen LogP contribution is -2.45. The highest BCUT2D eigenvalue weighted by Crippen LogP contribution is 2.29. The van der Waals surface area contributed by atoms with E-state index in [0.717, 1.165) is 29.7 Å². The molecule has 29 heavy (non-hydrogen) atoms. The largest absolute Gasteiger partial charge is 0.336 e. The Morgan fingerprint density at radius 2 is 1.69 bits per heavy atom. The van der Waals surface area contributed by atoms with Gasteiger partial charge in [0.15, 0.2) is 0 Å². The molecular formula is C25H24N2O2. The van der Waals surface area contributed by atoms with Crippen LogP contribution in [-0.2, 0) is 11.2 Å². The van der Waals surface area contributed by atoms with Gasteiger partial charge in [-0.25, -0.2) is 0 Å². The lowest BCUT2D eigenvalue weighted by atomic mass is 9.99. The van der Waals surface area contributed by atoms with Crippen molar-refractivity contribution in [3.63, 3.8) is 0 Å². The van der Waals surface area contributed by atoms with E-state index in [-0.39, 0.29) is 11.8 Å². The molecule has 1 heterocycles. The van der Waals surface area contributed by atoms with E-state index in [0.29, 0.717) is 12.1 Å². The maximum atomic E-state index is 13.6. The molecule has 0 bridgehead atoms. The predicted molar refractivity (Wildman–Crippen MR) is 115 cm³/mol. The molecule has 4 heteroatoms. The Labute approximate surface area is 171 Å². The molecular weight excluding hydrogens is 360 g/mol. The van der Waals surface area contributed by atoms with Gasteiger partial charge in [-0.2, -0.15) is 0 Å². The number of anilines is 1. The maximum absolute atomic E-state index is 13.6. The molecule has 0 aliphatic carbocycles. The molecule has 1 aliphatic heterocycles. The molecule has 1 atom stereocenters. The van der Waals surface area contributed by atoms with Gasteiger partial charge in [0.1, 0.15) is 6.04 Å². The Balaban J connectivity index is 1.67. The van der Waals surface area contributed by atoms with Crippen molar-refractivity contribution in [2.45, 2.75) is 25.8 Å². The van der Waals surface area contributed by atoms with Crippen LogP contribution in [0, 0.1) is 6.92 Å². The van der Waals surface area contributed by atoms with Gasteiger partial charge >= 0.3 is 0 Å². The molecule has 1 N–H and O–H groups in total. The molecule has 0 fully saturated rings. The Morgan fingerprint density at radius 1 is 0.931 bits per heavy atom. The van der Waals surface area contributed by atoms with E-state index < -0.39 is 6.04 Å². The van der Waals surface area contributed by atoms with Crippen molar-refractivity contribution in [3.05, 3.63) is 101 Å². The van der Waals surface area contributed by atoms with Crippen LogP contribution < -0.4 is 10.2 Å². The number of rotatable bonds is 4. The molecule has 1 aliphatic rings. The number of hydrogen-bond acceptors (Lipinski definition) is 2. The molecule has 3 aromatic carbocycles. The van der Waals surface area contributed by atoms with E-state index >= 15 is 0 Å². The minimum absolute atomic E-state index is 0.107. The number of fused-ring (bicyclic) bond motifs is 1. The third-order valence-electron chi connectivity index (χ3n) is 5.31. The van der Waals surface area contributed by atoms with Crippen LogP contribution in [0.5, 0.6) is 0 Å². The lowest BCUT2D eigenvalue weighted by Gasteiger charge is -2.32. The van der Waals surface area contributed by atoms with Crippen LogP contribution in [-0.4, -0.2) is 18.4 Å². The van der Waals surface area contributed by atoms with Gasteiger partial charge in [-0.15, -0.1) is 0 Å². The van der Waals surface area contributed by atoms with E-state index in [9.17, 15) is 9.59 Å². The van der Waals surface area contributed by atoms with Gasteiger partial charge in [0.25, 0.3) is 11.8 Å². The van der Waals surface area contributed by atoms with Crippen LogP contribution in [0.3, 0.4) is 0 Å². The standard InChI is InChI=1S/C25H24N2O2/c1-18-9-7-13-21(17-18)24(28)26-23(20-11-3-2-4-12-20)25(29)27-16-8-14-19-10-5-6-15-22(19)27/h2-7,9-13,15,17,23H,8,14,16H2,1H3,(H,26,28)/t23-/m0/s1. The average molecular weight is 384 g/mol. The number of nitrogens with zero attached hydrogens (tertiary/aromatic N) is 1. The third kappa shape index (κ3) is 4.06. The van der Waals surface area contributed by atoms with Gasteiger partial charge < -0.3 is 10.2 Å². The molecule has 0 unspecified atom stereocenters. The number of hydrogen-bond donors (Lipinski definition) is 1. The van der Waals surface area contributed by atoms with Gasteiger partial charge in [0, 0.05) is 17.8 Å². The number of amides is 2. The molecule has 0 aromatic heterocycles. The van der Waals surface area contributed by atoms with Crippen molar-refractivity contribution < 1.29 is 9.59 Å². The second-order valence-corrected chi connectivity index (χ2v) is 7.41. The SMILES string of the molecule is Cc1cccc(C(=O)N[C@H](C(=O)N2CCCc3ccccc32)c2ccccc2)c1. The molecule has 0 saturated carbocycles. The van der Waals surface area contributed by atoms with Gasteiger partial charge in [-0.1, -0.05) is 66.2 Å². The van der Waals surface area contributed by atoms with Crippen molar-refractivity contribution in [1.82, 2.24) is 5.32 Å². The molecule has 0 saturated heterocycles. The van der Waals surface area contributed by atoms with Crippen LogP contribution in [0.15, 0.2) is 78.9 Å². The van der Waals surface area contributed by atoms with E-state index in [4.69, 9.17) is 0 Å². The van der Waals surface area contributed by atoms with Gasteiger partial charge in [-0.05, 0) is 49.1 Å². The highest BCUT2D eigenvalue weighted by molar-refractivity contribution is 6.03. The zero-order chi connectivity index (χ0) is 20.2. The summed E-state index contributed by atoms with van der Waals surface area (Å²) in [6, 6.07) is 24.1. The zero-order valence-electron chi connectivity index (χ0n) is 16.5. The van der Waals surface area contributed by atoms with E-state index in [1.54, 1.807) is 6.07 Å². The van der Waals surface area contributed by atoms with Crippen LogP contribution in [0.2, 0.25) is 0 Å². The van der Waals surface area contributed by atoms with Crippen molar-refractivity contribution in [3.8, 4) is 0 Å². The minimum atomic E-state index is -0.740. The Hall–Kier alpha value is -3.40. The lowest BCUT2D eigenvalue weighted by molar-refractivity contribution is -0.120. The Morgan fingerprint density at radius 3 is 2.48 bits per heavy atom. The molecule has 2 amide bonds. The first-order valence-electron chi connectivity index (χ1n) is 9.95. The number of carbonyl (C=O) groups excluding carboxylic acids is 2. The van der Waals surface area contributed by atoms with Crippen LogP contribution in [0.1, 0.15) is 39.5 Å². The van der Waals surface area contributed by atoms with E-state index in [1.165, 1.54) is 5.56 Å². The first kappa shape index (κ1) is 18.9. The first-order chi connectivity index (χ1) is 14.1. The molecule has 146 valence electrons. The van der Waals surface area contributed by atoms with Gasteiger partial charge in [0.05, 0.1) is 0 Å².